The van der Waals surface area contributed by atoms with Crippen LogP contribution in [0.3, 0.4) is 0 Å². The van der Waals surface area contributed by atoms with E-state index < -0.39 is 0 Å². The fraction of sp³-hybridized carbons (Fsp3) is 0.222. The van der Waals surface area contributed by atoms with Gasteiger partial charge in [-0.2, -0.15) is 0 Å². The van der Waals surface area contributed by atoms with Crippen LogP contribution in [-0.4, -0.2) is 29.6 Å². The predicted molar refractivity (Wildman–Crippen MR) is 89.5 cm³/mol. The van der Waals surface area contributed by atoms with Gasteiger partial charge in [0, 0.05) is 29.5 Å². The van der Waals surface area contributed by atoms with Crippen LogP contribution in [0.1, 0.15) is 34.1 Å². The lowest BCUT2D eigenvalue weighted by Crippen LogP contribution is -2.33. The van der Waals surface area contributed by atoms with E-state index in [2.05, 4.69) is 10.6 Å². The lowest BCUT2D eigenvalue weighted by Gasteiger charge is -2.12. The number of carbonyl (C=O) groups is 2. The average molecular weight is 312 g/mol. The van der Waals surface area contributed by atoms with Crippen LogP contribution in [0.15, 0.2) is 54.6 Å². The van der Waals surface area contributed by atoms with E-state index in [1.165, 1.54) is 0 Å². The smallest absolute Gasteiger partial charge is 0.255 e. The first-order valence-corrected chi connectivity index (χ1v) is 7.48. The van der Waals surface area contributed by atoms with Gasteiger partial charge in [-0.1, -0.05) is 18.2 Å². The summed E-state index contributed by atoms with van der Waals surface area (Å²) >= 11 is 0. The van der Waals surface area contributed by atoms with Gasteiger partial charge >= 0.3 is 0 Å². The Morgan fingerprint density at radius 1 is 0.957 bits per heavy atom. The van der Waals surface area contributed by atoms with E-state index in [-0.39, 0.29) is 24.5 Å². The minimum Gasteiger partial charge on any atom is -0.396 e. The molecule has 0 saturated carbocycles. The number of nitrogens with one attached hydrogen (secondary N) is 2. The molecule has 0 aliphatic rings. The number of hydrogen-bond donors (Lipinski definition) is 3. The Kier molecular flexibility index (Phi) is 5.88. The zero-order valence-corrected chi connectivity index (χ0v) is 13.0. The first kappa shape index (κ1) is 16.7. The zero-order chi connectivity index (χ0) is 16.7. The molecule has 0 saturated heterocycles. The highest BCUT2D eigenvalue weighted by atomic mass is 16.3. The fourth-order valence-electron chi connectivity index (χ4n) is 2.07. The van der Waals surface area contributed by atoms with Gasteiger partial charge < -0.3 is 15.7 Å². The first-order chi connectivity index (χ1) is 11.1. The average Bonchev–Trinajstić information content (AvgIpc) is 2.56. The zero-order valence-electron chi connectivity index (χ0n) is 13.0. The summed E-state index contributed by atoms with van der Waals surface area (Å²) < 4.78 is 0. The molecular formula is C18H20N2O3. The van der Waals surface area contributed by atoms with Crippen LogP contribution in [0.2, 0.25) is 0 Å². The Morgan fingerprint density at radius 2 is 1.52 bits per heavy atom. The van der Waals surface area contributed by atoms with Gasteiger partial charge in [-0.25, -0.2) is 0 Å². The maximum absolute atomic E-state index is 12.1. The first-order valence-electron chi connectivity index (χ1n) is 7.48. The second-order valence-electron chi connectivity index (χ2n) is 5.28. The van der Waals surface area contributed by atoms with E-state index in [9.17, 15) is 9.59 Å². The molecule has 23 heavy (non-hydrogen) atoms. The van der Waals surface area contributed by atoms with Crippen LogP contribution in [0.25, 0.3) is 0 Å². The molecule has 0 heterocycles. The summed E-state index contributed by atoms with van der Waals surface area (Å²) in [6, 6.07) is 15.5. The van der Waals surface area contributed by atoms with Crippen molar-refractivity contribution in [3.05, 3.63) is 65.7 Å². The predicted octanol–water partition coefficient (Wildman–Crippen LogP) is 2.44. The summed E-state index contributed by atoms with van der Waals surface area (Å²) in [6.07, 6.45) is 0.503. The Hall–Kier alpha value is -2.66. The van der Waals surface area contributed by atoms with E-state index in [1.807, 2.05) is 37.3 Å². The number of amides is 2. The number of aliphatic hydroxyl groups excluding tert-OH is 1. The van der Waals surface area contributed by atoms with Crippen LogP contribution in [-0.2, 0) is 0 Å². The van der Waals surface area contributed by atoms with Gasteiger partial charge in [-0.05, 0) is 49.7 Å². The summed E-state index contributed by atoms with van der Waals surface area (Å²) in [7, 11) is 0. The minimum absolute atomic E-state index is 0.0278. The SMILES string of the molecule is CC(CCO)NC(=O)c1ccc(C(=O)Nc2ccccc2)cc1. The summed E-state index contributed by atoms with van der Waals surface area (Å²) in [5, 5.41) is 14.4. The van der Waals surface area contributed by atoms with Gasteiger partial charge in [0.1, 0.15) is 0 Å². The number of rotatable bonds is 6. The highest BCUT2D eigenvalue weighted by Crippen LogP contribution is 2.10. The molecule has 2 aromatic rings. The third kappa shape index (κ3) is 4.93. The van der Waals surface area contributed by atoms with Gasteiger partial charge in [0.2, 0.25) is 0 Å². The molecule has 5 heteroatoms. The maximum atomic E-state index is 12.1. The minimum atomic E-state index is -0.225. The van der Waals surface area contributed by atoms with Crippen molar-refractivity contribution in [1.82, 2.24) is 5.32 Å². The molecule has 0 spiro atoms. The third-order valence-electron chi connectivity index (χ3n) is 3.38. The monoisotopic (exact) mass is 312 g/mol. The standard InChI is InChI=1S/C18H20N2O3/c1-13(11-12-21)19-17(22)14-7-9-15(10-8-14)18(23)20-16-5-3-2-4-6-16/h2-10,13,21H,11-12H2,1H3,(H,19,22)(H,20,23). The highest BCUT2D eigenvalue weighted by molar-refractivity contribution is 6.05. The van der Waals surface area contributed by atoms with Crippen molar-refractivity contribution in [1.29, 1.82) is 0 Å². The second-order valence-corrected chi connectivity index (χ2v) is 5.28. The number of aliphatic hydroxyl groups is 1. The molecule has 2 rings (SSSR count). The van der Waals surface area contributed by atoms with Crippen molar-refractivity contribution in [2.24, 2.45) is 0 Å². The lowest BCUT2D eigenvalue weighted by molar-refractivity contribution is 0.0932. The van der Waals surface area contributed by atoms with Gasteiger partial charge in [0.05, 0.1) is 0 Å². The quantitative estimate of drug-likeness (QED) is 0.766. The molecule has 1 unspecified atom stereocenters. The molecule has 120 valence electrons. The Labute approximate surface area is 135 Å². The third-order valence-corrected chi connectivity index (χ3v) is 3.38. The van der Waals surface area contributed by atoms with Crippen molar-refractivity contribution in [2.45, 2.75) is 19.4 Å². The summed E-state index contributed by atoms with van der Waals surface area (Å²) in [5.41, 5.74) is 1.68. The normalized spacial score (nSPS) is 11.6. The van der Waals surface area contributed by atoms with Crippen LogP contribution in [0.5, 0.6) is 0 Å². The maximum Gasteiger partial charge on any atom is 0.255 e. The van der Waals surface area contributed by atoms with E-state index in [0.29, 0.717) is 17.5 Å². The van der Waals surface area contributed by atoms with E-state index in [0.717, 1.165) is 5.69 Å². The number of para-hydroxylation sites is 1. The number of anilines is 1. The Bertz CT molecular complexity index is 654. The molecule has 0 aliphatic heterocycles. The van der Waals surface area contributed by atoms with Gasteiger partial charge in [0.15, 0.2) is 0 Å². The fourth-order valence-corrected chi connectivity index (χ4v) is 2.07. The molecule has 0 bridgehead atoms. The summed E-state index contributed by atoms with van der Waals surface area (Å²) in [5.74, 6) is -0.447. The van der Waals surface area contributed by atoms with E-state index >= 15 is 0 Å². The van der Waals surface area contributed by atoms with Crippen molar-refractivity contribution in [3.63, 3.8) is 0 Å². The van der Waals surface area contributed by atoms with Crippen LogP contribution in [0.4, 0.5) is 5.69 Å². The molecule has 0 aliphatic carbocycles. The van der Waals surface area contributed by atoms with E-state index in [4.69, 9.17) is 5.11 Å². The van der Waals surface area contributed by atoms with Gasteiger partial charge in [-0.3, -0.25) is 9.59 Å². The molecule has 0 fully saturated rings. The van der Waals surface area contributed by atoms with Gasteiger partial charge in [0.25, 0.3) is 11.8 Å². The molecule has 1 atom stereocenters. The molecular weight excluding hydrogens is 292 g/mol. The van der Waals surface area contributed by atoms with Crippen molar-refractivity contribution in [2.75, 3.05) is 11.9 Å². The number of hydrogen-bond acceptors (Lipinski definition) is 3. The molecule has 0 radical (unpaired) electrons. The van der Waals surface area contributed by atoms with Crippen molar-refractivity contribution in [3.8, 4) is 0 Å². The summed E-state index contributed by atoms with van der Waals surface area (Å²) in [6.45, 7) is 1.86. The summed E-state index contributed by atoms with van der Waals surface area (Å²) in [4.78, 5) is 24.1. The largest absolute Gasteiger partial charge is 0.396 e. The topological polar surface area (TPSA) is 78.4 Å². The molecule has 2 aromatic carbocycles. The highest BCUT2D eigenvalue weighted by Gasteiger charge is 2.11. The molecule has 5 nitrogen and oxygen atoms in total. The van der Waals surface area contributed by atoms with Crippen LogP contribution < -0.4 is 10.6 Å². The van der Waals surface area contributed by atoms with Crippen molar-refractivity contribution < 1.29 is 14.7 Å². The van der Waals surface area contributed by atoms with Crippen molar-refractivity contribution >= 4 is 17.5 Å². The molecule has 3 N–H and O–H groups in total. The van der Waals surface area contributed by atoms with Gasteiger partial charge in [-0.15, -0.1) is 0 Å². The second kappa shape index (κ2) is 8.10. The molecule has 0 aromatic heterocycles. The number of benzene rings is 2. The number of carbonyl (C=O) groups excluding carboxylic acids is 2. The lowest BCUT2D eigenvalue weighted by atomic mass is 10.1. The van der Waals surface area contributed by atoms with Crippen LogP contribution >= 0.6 is 0 Å². The Morgan fingerprint density at radius 3 is 2.09 bits per heavy atom. The Balaban J connectivity index is 1.98. The van der Waals surface area contributed by atoms with E-state index in [1.54, 1.807) is 24.3 Å². The molecule has 2 amide bonds. The van der Waals surface area contributed by atoms with Crippen LogP contribution in [0, 0.1) is 0 Å².